The van der Waals surface area contributed by atoms with Gasteiger partial charge in [-0.2, -0.15) is 8.78 Å². The number of hydrogen-bond acceptors (Lipinski definition) is 2. The highest BCUT2D eigenvalue weighted by molar-refractivity contribution is 5.88. The first kappa shape index (κ1) is 6.61. The molecule has 0 aromatic rings. The summed E-state index contributed by atoms with van der Waals surface area (Å²) in [5.74, 6) is -4.06. The SMILES string of the molecule is O=C1CNCCC1(F)F. The Labute approximate surface area is 51.2 Å². The zero-order valence-electron chi connectivity index (χ0n) is 4.79. The molecule has 0 aromatic carbocycles. The van der Waals surface area contributed by atoms with Crippen molar-refractivity contribution in [1.29, 1.82) is 0 Å². The van der Waals surface area contributed by atoms with Crippen molar-refractivity contribution in [3.8, 4) is 0 Å². The predicted octanol–water partition coefficient (Wildman–Crippen LogP) is 0.184. The van der Waals surface area contributed by atoms with E-state index in [1.807, 2.05) is 0 Å². The molecule has 1 aliphatic rings. The highest BCUT2D eigenvalue weighted by Gasteiger charge is 2.39. The maximum absolute atomic E-state index is 12.2. The highest BCUT2D eigenvalue weighted by atomic mass is 19.3. The lowest BCUT2D eigenvalue weighted by atomic mass is 10.1. The average Bonchev–Trinajstić information content (AvgIpc) is 1.77. The first-order valence-corrected chi connectivity index (χ1v) is 2.75. The molecule has 0 atom stereocenters. The Morgan fingerprint density at radius 1 is 1.56 bits per heavy atom. The molecule has 0 spiro atoms. The topological polar surface area (TPSA) is 29.1 Å². The average molecular weight is 135 g/mol. The lowest BCUT2D eigenvalue weighted by molar-refractivity contribution is -0.145. The molecule has 9 heavy (non-hydrogen) atoms. The van der Waals surface area contributed by atoms with Gasteiger partial charge in [-0.25, -0.2) is 0 Å². The summed E-state index contributed by atoms with van der Waals surface area (Å²) in [6.07, 6.45) is -0.355. The van der Waals surface area contributed by atoms with Crippen molar-refractivity contribution >= 4 is 5.78 Å². The lowest BCUT2D eigenvalue weighted by Crippen LogP contribution is -2.44. The summed E-state index contributed by atoms with van der Waals surface area (Å²) in [7, 11) is 0. The zero-order valence-corrected chi connectivity index (χ0v) is 4.79. The fraction of sp³-hybridized carbons (Fsp3) is 0.800. The fourth-order valence-electron chi connectivity index (χ4n) is 0.716. The van der Waals surface area contributed by atoms with Crippen LogP contribution < -0.4 is 5.32 Å². The van der Waals surface area contributed by atoms with Crippen LogP contribution in [0.25, 0.3) is 0 Å². The van der Waals surface area contributed by atoms with Crippen LogP contribution in [0.3, 0.4) is 0 Å². The number of halogens is 2. The van der Waals surface area contributed by atoms with Crippen LogP contribution in [0.1, 0.15) is 6.42 Å². The van der Waals surface area contributed by atoms with Gasteiger partial charge in [0.15, 0.2) is 0 Å². The van der Waals surface area contributed by atoms with Crippen LogP contribution in [0.15, 0.2) is 0 Å². The smallest absolute Gasteiger partial charge is 0.307 e. The van der Waals surface area contributed by atoms with E-state index in [1.165, 1.54) is 0 Å². The lowest BCUT2D eigenvalue weighted by Gasteiger charge is -2.19. The summed E-state index contributed by atoms with van der Waals surface area (Å²) in [5, 5.41) is 2.56. The van der Waals surface area contributed by atoms with Gasteiger partial charge in [0.2, 0.25) is 5.78 Å². The van der Waals surface area contributed by atoms with Gasteiger partial charge in [-0.1, -0.05) is 0 Å². The maximum Gasteiger partial charge on any atom is 0.307 e. The van der Waals surface area contributed by atoms with Gasteiger partial charge >= 0.3 is 5.92 Å². The second kappa shape index (κ2) is 2.02. The van der Waals surface area contributed by atoms with Crippen LogP contribution in [0.5, 0.6) is 0 Å². The molecule has 1 saturated heterocycles. The minimum Gasteiger partial charge on any atom is -0.310 e. The molecule has 0 unspecified atom stereocenters. The zero-order chi connectivity index (χ0) is 6.91. The number of carbonyl (C=O) groups excluding carboxylic acids is 1. The number of nitrogens with one attached hydrogen (secondary N) is 1. The largest absolute Gasteiger partial charge is 0.310 e. The molecule has 4 heteroatoms. The fourth-order valence-corrected chi connectivity index (χ4v) is 0.716. The number of alkyl halides is 2. The minimum atomic E-state index is -3.06. The van der Waals surface area contributed by atoms with Crippen LogP contribution >= 0.6 is 0 Å². The third kappa shape index (κ3) is 1.24. The summed E-state index contributed by atoms with van der Waals surface area (Å²) in [6.45, 7) is 0.0474. The molecule has 52 valence electrons. The van der Waals surface area contributed by atoms with E-state index in [0.717, 1.165) is 0 Å². The van der Waals surface area contributed by atoms with Crippen molar-refractivity contribution in [2.45, 2.75) is 12.3 Å². The number of hydrogen-bond donors (Lipinski definition) is 1. The molecule has 2 nitrogen and oxygen atoms in total. The van der Waals surface area contributed by atoms with E-state index in [9.17, 15) is 13.6 Å². The molecule has 1 fully saturated rings. The number of carbonyl (C=O) groups is 1. The van der Waals surface area contributed by atoms with Crippen molar-refractivity contribution in [3.63, 3.8) is 0 Å². The molecule has 1 rings (SSSR count). The highest BCUT2D eigenvalue weighted by Crippen LogP contribution is 2.20. The Hall–Kier alpha value is -0.510. The van der Waals surface area contributed by atoms with E-state index < -0.39 is 11.7 Å². The van der Waals surface area contributed by atoms with Crippen LogP contribution in [-0.2, 0) is 4.79 Å². The molecule has 1 N–H and O–H groups in total. The van der Waals surface area contributed by atoms with E-state index >= 15 is 0 Å². The molecule has 0 bridgehead atoms. The number of Topliss-reactive ketones (excluding diaryl/α,β-unsaturated/α-hetero) is 1. The Morgan fingerprint density at radius 3 is 2.56 bits per heavy atom. The van der Waals surface area contributed by atoms with Crippen LogP contribution in [-0.4, -0.2) is 24.8 Å². The van der Waals surface area contributed by atoms with Gasteiger partial charge in [0.05, 0.1) is 6.54 Å². The second-order valence-corrected chi connectivity index (χ2v) is 2.05. The van der Waals surface area contributed by atoms with Gasteiger partial charge in [-0.15, -0.1) is 0 Å². The van der Waals surface area contributed by atoms with Crippen molar-refractivity contribution in [2.24, 2.45) is 0 Å². The first-order chi connectivity index (χ1) is 4.13. The molecule has 0 aliphatic carbocycles. The van der Waals surface area contributed by atoms with E-state index in [4.69, 9.17) is 0 Å². The van der Waals surface area contributed by atoms with E-state index in [0.29, 0.717) is 0 Å². The van der Waals surface area contributed by atoms with Crippen molar-refractivity contribution in [2.75, 3.05) is 13.1 Å². The third-order valence-electron chi connectivity index (χ3n) is 1.31. The molecule has 0 amide bonds. The van der Waals surface area contributed by atoms with Crippen molar-refractivity contribution < 1.29 is 13.6 Å². The van der Waals surface area contributed by atoms with Crippen LogP contribution in [0.4, 0.5) is 8.78 Å². The Kier molecular flexibility index (Phi) is 1.48. The van der Waals surface area contributed by atoms with Gasteiger partial charge in [-0.05, 0) is 0 Å². The standard InChI is InChI=1S/C5H7F2NO/c6-5(7)1-2-8-3-4(5)9/h8H,1-3H2. The third-order valence-corrected chi connectivity index (χ3v) is 1.31. The quantitative estimate of drug-likeness (QED) is 0.513. The van der Waals surface area contributed by atoms with E-state index in [-0.39, 0.29) is 19.5 Å². The number of rotatable bonds is 0. The van der Waals surface area contributed by atoms with Crippen molar-refractivity contribution in [1.82, 2.24) is 5.32 Å². The normalized spacial score (nSPS) is 26.2. The van der Waals surface area contributed by atoms with Crippen molar-refractivity contribution in [3.05, 3.63) is 0 Å². The molecule has 1 heterocycles. The maximum atomic E-state index is 12.2. The van der Waals surface area contributed by atoms with E-state index in [2.05, 4.69) is 5.32 Å². The molecule has 0 saturated carbocycles. The first-order valence-electron chi connectivity index (χ1n) is 2.75. The predicted molar refractivity (Wildman–Crippen MR) is 27.4 cm³/mol. The van der Waals surface area contributed by atoms with Gasteiger partial charge in [0.1, 0.15) is 0 Å². The minimum absolute atomic E-state index is 0.188. The number of piperidine rings is 1. The molecular weight excluding hydrogens is 128 g/mol. The summed E-state index contributed by atoms with van der Waals surface area (Å²) >= 11 is 0. The van der Waals surface area contributed by atoms with Crippen LogP contribution in [0, 0.1) is 0 Å². The summed E-state index contributed by atoms with van der Waals surface area (Å²) in [6, 6.07) is 0. The van der Waals surface area contributed by atoms with E-state index in [1.54, 1.807) is 0 Å². The Morgan fingerprint density at radius 2 is 2.22 bits per heavy atom. The Balaban J connectivity index is 2.60. The molecule has 0 radical (unpaired) electrons. The van der Waals surface area contributed by atoms with Crippen LogP contribution in [0.2, 0.25) is 0 Å². The molecule has 1 aliphatic heterocycles. The van der Waals surface area contributed by atoms with Gasteiger partial charge < -0.3 is 5.32 Å². The monoisotopic (exact) mass is 135 g/mol. The summed E-state index contributed by atoms with van der Waals surface area (Å²) in [5.41, 5.74) is 0. The molecular formula is C5H7F2NO. The Bertz CT molecular complexity index is 135. The van der Waals surface area contributed by atoms with Gasteiger partial charge in [0.25, 0.3) is 0 Å². The van der Waals surface area contributed by atoms with Gasteiger partial charge in [-0.3, -0.25) is 4.79 Å². The summed E-state index contributed by atoms with van der Waals surface area (Å²) < 4.78 is 24.4. The molecule has 0 aromatic heterocycles. The van der Waals surface area contributed by atoms with Gasteiger partial charge in [0, 0.05) is 13.0 Å². The summed E-state index contributed by atoms with van der Waals surface area (Å²) in [4.78, 5) is 10.3. The number of ketones is 1. The second-order valence-electron chi connectivity index (χ2n) is 2.05.